The van der Waals surface area contributed by atoms with Gasteiger partial charge in [0.05, 0.1) is 26.0 Å². The molecule has 142 valence electrons. The van der Waals surface area contributed by atoms with Crippen LogP contribution in [0, 0.1) is 13.8 Å². The normalized spacial score (nSPS) is 11.9. The molecule has 1 unspecified atom stereocenters. The molecular formula is C19H27N3O4. The summed E-state index contributed by atoms with van der Waals surface area (Å²) in [4.78, 5) is 12.1. The molecule has 0 saturated heterocycles. The highest BCUT2D eigenvalue weighted by Gasteiger charge is 2.14. The second-order valence-electron chi connectivity index (χ2n) is 6.21. The number of ether oxygens (including phenoxy) is 2. The molecule has 26 heavy (non-hydrogen) atoms. The fraction of sp³-hybridized carbons (Fsp3) is 0.474. The summed E-state index contributed by atoms with van der Waals surface area (Å²) in [5.41, 5.74) is 3.77. The lowest BCUT2D eigenvalue weighted by molar-refractivity contribution is -0.121. The van der Waals surface area contributed by atoms with E-state index in [-0.39, 0.29) is 12.5 Å². The van der Waals surface area contributed by atoms with Gasteiger partial charge in [0.1, 0.15) is 0 Å². The minimum absolute atomic E-state index is 0.104. The molecule has 1 aromatic carbocycles. The minimum Gasteiger partial charge on any atom is -0.493 e. The molecule has 2 aromatic rings. The molecule has 0 fully saturated rings. The molecule has 0 saturated carbocycles. The summed E-state index contributed by atoms with van der Waals surface area (Å²) in [5, 5.41) is 17.4. The molecular weight excluding hydrogens is 334 g/mol. The first-order valence-corrected chi connectivity index (χ1v) is 8.53. The third-order valence-corrected chi connectivity index (χ3v) is 4.55. The maximum absolute atomic E-state index is 12.1. The third-order valence-electron chi connectivity index (χ3n) is 4.55. The predicted octanol–water partition coefficient (Wildman–Crippen LogP) is 1.84. The number of aryl methyl sites for hydroxylation is 2. The molecule has 7 nitrogen and oxygen atoms in total. The second kappa shape index (κ2) is 8.71. The van der Waals surface area contributed by atoms with E-state index in [1.54, 1.807) is 25.3 Å². The number of nitrogens with zero attached hydrogens (tertiary/aromatic N) is 2. The molecule has 2 N–H and O–H groups in total. The molecule has 0 aliphatic carbocycles. The van der Waals surface area contributed by atoms with Crippen molar-refractivity contribution < 1.29 is 19.4 Å². The summed E-state index contributed by atoms with van der Waals surface area (Å²) in [6.45, 7) is 4.08. The van der Waals surface area contributed by atoms with E-state index in [0.29, 0.717) is 29.9 Å². The Hall–Kier alpha value is -2.54. The Morgan fingerprint density at radius 1 is 1.27 bits per heavy atom. The molecule has 1 heterocycles. The van der Waals surface area contributed by atoms with E-state index in [1.165, 1.54) is 7.11 Å². The second-order valence-corrected chi connectivity index (χ2v) is 6.21. The monoisotopic (exact) mass is 361 g/mol. The number of carbonyl (C=O) groups excluding carboxylic acids is 1. The van der Waals surface area contributed by atoms with E-state index in [1.807, 2.05) is 25.6 Å². The van der Waals surface area contributed by atoms with Crippen LogP contribution in [0.2, 0.25) is 0 Å². The minimum atomic E-state index is -0.819. The van der Waals surface area contributed by atoms with Crippen LogP contribution < -0.4 is 14.8 Å². The summed E-state index contributed by atoms with van der Waals surface area (Å²) in [7, 11) is 4.99. The molecule has 0 spiro atoms. The van der Waals surface area contributed by atoms with Crippen LogP contribution in [0.25, 0.3) is 0 Å². The van der Waals surface area contributed by atoms with Crippen LogP contribution in [-0.2, 0) is 18.3 Å². The number of aliphatic hydroxyl groups is 1. The lowest BCUT2D eigenvalue weighted by Crippen LogP contribution is -2.28. The van der Waals surface area contributed by atoms with E-state index < -0.39 is 6.10 Å². The number of aromatic nitrogens is 2. The van der Waals surface area contributed by atoms with Gasteiger partial charge in [0, 0.05) is 25.7 Å². The molecule has 1 aromatic heterocycles. The van der Waals surface area contributed by atoms with Crippen LogP contribution in [0.4, 0.5) is 0 Å². The Labute approximate surface area is 153 Å². The van der Waals surface area contributed by atoms with Crippen molar-refractivity contribution in [1.82, 2.24) is 15.1 Å². The van der Waals surface area contributed by atoms with E-state index >= 15 is 0 Å². The van der Waals surface area contributed by atoms with Gasteiger partial charge in [-0.05, 0) is 43.5 Å². The molecule has 2 rings (SSSR count). The first-order chi connectivity index (χ1) is 12.4. The van der Waals surface area contributed by atoms with Gasteiger partial charge in [-0.3, -0.25) is 9.48 Å². The standard InChI is InChI=1S/C19H27N3O4/c1-12-15(13(2)22(3)21-12)7-9-19(24)20-11-16(23)14-6-8-17(25-4)18(10-14)26-5/h6,8,10,16,23H,7,9,11H2,1-5H3,(H,20,24). The Kier molecular flexibility index (Phi) is 6.63. The molecule has 0 bridgehead atoms. The maximum Gasteiger partial charge on any atom is 0.220 e. The van der Waals surface area contributed by atoms with Crippen LogP contribution in [0.15, 0.2) is 18.2 Å². The van der Waals surface area contributed by atoms with Crippen molar-refractivity contribution in [2.75, 3.05) is 20.8 Å². The van der Waals surface area contributed by atoms with E-state index in [2.05, 4.69) is 10.4 Å². The van der Waals surface area contributed by atoms with Gasteiger partial charge >= 0.3 is 0 Å². The number of nitrogens with one attached hydrogen (secondary N) is 1. The lowest BCUT2D eigenvalue weighted by Gasteiger charge is -2.15. The maximum atomic E-state index is 12.1. The zero-order valence-electron chi connectivity index (χ0n) is 16.0. The van der Waals surface area contributed by atoms with Crippen molar-refractivity contribution >= 4 is 5.91 Å². The fourth-order valence-corrected chi connectivity index (χ4v) is 2.89. The molecule has 1 amide bonds. The summed E-state index contributed by atoms with van der Waals surface area (Å²) in [6.07, 6.45) is 0.163. The highest BCUT2D eigenvalue weighted by atomic mass is 16.5. The Morgan fingerprint density at radius 2 is 1.96 bits per heavy atom. The van der Waals surface area contributed by atoms with Crippen molar-refractivity contribution in [3.8, 4) is 11.5 Å². The van der Waals surface area contributed by atoms with Crippen molar-refractivity contribution in [2.24, 2.45) is 7.05 Å². The number of hydrogen-bond acceptors (Lipinski definition) is 5. The fourth-order valence-electron chi connectivity index (χ4n) is 2.89. The predicted molar refractivity (Wildman–Crippen MR) is 98.5 cm³/mol. The van der Waals surface area contributed by atoms with Gasteiger partial charge in [0.25, 0.3) is 0 Å². The van der Waals surface area contributed by atoms with Gasteiger partial charge in [-0.1, -0.05) is 6.07 Å². The quantitative estimate of drug-likeness (QED) is 0.749. The largest absolute Gasteiger partial charge is 0.493 e. The number of hydrogen-bond donors (Lipinski definition) is 2. The van der Waals surface area contributed by atoms with Crippen LogP contribution in [-0.4, -0.2) is 41.6 Å². The number of amides is 1. The first kappa shape index (κ1) is 19.8. The number of methoxy groups -OCH3 is 2. The van der Waals surface area contributed by atoms with Crippen molar-refractivity contribution in [1.29, 1.82) is 0 Å². The lowest BCUT2D eigenvalue weighted by atomic mass is 10.1. The Morgan fingerprint density at radius 3 is 2.54 bits per heavy atom. The van der Waals surface area contributed by atoms with Gasteiger partial charge in [-0.2, -0.15) is 5.10 Å². The van der Waals surface area contributed by atoms with E-state index in [0.717, 1.165) is 17.0 Å². The van der Waals surface area contributed by atoms with Crippen molar-refractivity contribution in [2.45, 2.75) is 32.8 Å². The van der Waals surface area contributed by atoms with Gasteiger partial charge < -0.3 is 19.9 Å². The zero-order valence-corrected chi connectivity index (χ0v) is 16.0. The molecule has 1 atom stereocenters. The molecule has 0 radical (unpaired) electrons. The number of rotatable bonds is 8. The number of aliphatic hydroxyl groups excluding tert-OH is 1. The molecule has 7 heteroatoms. The smallest absolute Gasteiger partial charge is 0.220 e. The summed E-state index contributed by atoms with van der Waals surface area (Å²) in [6, 6.07) is 5.19. The van der Waals surface area contributed by atoms with E-state index in [9.17, 15) is 9.90 Å². The van der Waals surface area contributed by atoms with E-state index in [4.69, 9.17) is 9.47 Å². The summed E-state index contributed by atoms with van der Waals surface area (Å²) >= 11 is 0. The molecule has 0 aliphatic heterocycles. The van der Waals surface area contributed by atoms with Crippen molar-refractivity contribution in [3.63, 3.8) is 0 Å². The zero-order chi connectivity index (χ0) is 19.3. The van der Waals surface area contributed by atoms with Gasteiger partial charge in [0.2, 0.25) is 5.91 Å². The van der Waals surface area contributed by atoms with Crippen LogP contribution in [0.5, 0.6) is 11.5 Å². The summed E-state index contributed by atoms with van der Waals surface area (Å²) < 4.78 is 12.2. The van der Waals surface area contributed by atoms with Crippen LogP contribution in [0.1, 0.15) is 35.0 Å². The highest BCUT2D eigenvalue weighted by molar-refractivity contribution is 5.76. The van der Waals surface area contributed by atoms with Crippen LogP contribution >= 0.6 is 0 Å². The SMILES string of the molecule is COc1ccc(C(O)CNC(=O)CCc2c(C)nn(C)c2C)cc1OC. The Bertz CT molecular complexity index is 770. The third kappa shape index (κ3) is 4.54. The topological polar surface area (TPSA) is 85.6 Å². The average molecular weight is 361 g/mol. The first-order valence-electron chi connectivity index (χ1n) is 8.53. The van der Waals surface area contributed by atoms with Gasteiger partial charge in [0.15, 0.2) is 11.5 Å². The van der Waals surface area contributed by atoms with Gasteiger partial charge in [-0.15, -0.1) is 0 Å². The number of carbonyl (C=O) groups is 1. The number of benzene rings is 1. The van der Waals surface area contributed by atoms with Crippen molar-refractivity contribution in [3.05, 3.63) is 40.7 Å². The van der Waals surface area contributed by atoms with Crippen LogP contribution in [0.3, 0.4) is 0 Å². The molecule has 0 aliphatic rings. The highest BCUT2D eigenvalue weighted by Crippen LogP contribution is 2.29. The Balaban J connectivity index is 1.88. The average Bonchev–Trinajstić information content (AvgIpc) is 2.88. The summed E-state index contributed by atoms with van der Waals surface area (Å²) in [5.74, 6) is 1.03. The van der Waals surface area contributed by atoms with Gasteiger partial charge in [-0.25, -0.2) is 0 Å².